The van der Waals surface area contributed by atoms with Gasteiger partial charge in [-0.15, -0.1) is 0 Å². The zero-order valence-corrected chi connectivity index (χ0v) is 15.8. The number of rotatable bonds is 16. The van der Waals surface area contributed by atoms with Crippen LogP contribution in [-0.4, -0.2) is 16.6 Å². The van der Waals surface area contributed by atoms with Crippen molar-refractivity contribution in [2.75, 3.05) is 0 Å². The maximum absolute atomic E-state index is 13.5. The zero-order valence-electron chi connectivity index (χ0n) is 15.8. The average Bonchev–Trinajstić information content (AvgIpc) is 2.46. The molecule has 1 N–H and O–H groups in total. The van der Waals surface area contributed by atoms with Crippen molar-refractivity contribution in [2.24, 2.45) is 0 Å². The van der Waals surface area contributed by atoms with Crippen molar-refractivity contribution >= 4 is 0 Å². The third kappa shape index (κ3) is 12.9. The first-order valence-electron chi connectivity index (χ1n) is 9.91. The van der Waals surface area contributed by atoms with Crippen molar-refractivity contribution in [1.29, 1.82) is 0 Å². The molecule has 0 aromatic carbocycles. The molecule has 0 bridgehead atoms. The second kappa shape index (κ2) is 13.1. The summed E-state index contributed by atoms with van der Waals surface area (Å²) in [4.78, 5) is 0. The van der Waals surface area contributed by atoms with Gasteiger partial charge in [0.05, 0.1) is 0 Å². The molecule has 0 aromatic heterocycles. The summed E-state index contributed by atoms with van der Waals surface area (Å²) in [5.74, 6) is -2.97. The normalized spacial score (nSPS) is 12.8. The van der Waals surface area contributed by atoms with Gasteiger partial charge in [-0.1, -0.05) is 90.4 Å². The second-order valence-corrected chi connectivity index (χ2v) is 7.61. The van der Waals surface area contributed by atoms with Gasteiger partial charge >= 0.3 is 0 Å². The van der Waals surface area contributed by atoms with Gasteiger partial charge in [-0.3, -0.25) is 0 Å². The predicted octanol–water partition coefficient (Wildman–Crippen LogP) is 7.26. The van der Waals surface area contributed by atoms with Gasteiger partial charge in [0.1, 0.15) is 5.60 Å². The molecule has 23 heavy (non-hydrogen) atoms. The summed E-state index contributed by atoms with van der Waals surface area (Å²) in [5.41, 5.74) is -1.90. The minimum atomic E-state index is -2.97. The van der Waals surface area contributed by atoms with E-state index in [9.17, 15) is 13.9 Å². The summed E-state index contributed by atoms with van der Waals surface area (Å²) in [6.07, 6.45) is 16.8. The Morgan fingerprint density at radius 2 is 0.913 bits per heavy atom. The highest BCUT2D eigenvalue weighted by atomic mass is 19.3. The van der Waals surface area contributed by atoms with Crippen LogP contribution >= 0.6 is 0 Å². The molecular weight excluding hydrogens is 294 g/mol. The molecule has 0 aliphatic carbocycles. The number of halogens is 2. The first-order valence-corrected chi connectivity index (χ1v) is 9.91. The maximum atomic E-state index is 13.5. The number of aliphatic hydroxyl groups is 1. The smallest absolute Gasteiger partial charge is 0.275 e. The van der Waals surface area contributed by atoms with Gasteiger partial charge in [0, 0.05) is 6.42 Å². The molecule has 0 aromatic rings. The van der Waals surface area contributed by atoms with Crippen LogP contribution in [0.25, 0.3) is 0 Å². The van der Waals surface area contributed by atoms with Crippen molar-refractivity contribution in [3.05, 3.63) is 0 Å². The summed E-state index contributed by atoms with van der Waals surface area (Å²) in [5, 5.41) is 9.40. The minimum Gasteiger partial charge on any atom is -0.384 e. The lowest BCUT2D eigenvalue weighted by atomic mass is 9.95. The number of alkyl halides is 2. The SMILES string of the molecule is CCCCCCCCCCCCCCCCC(F)(F)C(C)(C)O. The van der Waals surface area contributed by atoms with E-state index >= 15 is 0 Å². The Hall–Kier alpha value is -0.180. The van der Waals surface area contributed by atoms with Gasteiger partial charge in [-0.2, -0.15) is 0 Å². The Bertz CT molecular complexity index is 259. The van der Waals surface area contributed by atoms with Crippen LogP contribution in [0.3, 0.4) is 0 Å². The molecule has 0 radical (unpaired) electrons. The van der Waals surface area contributed by atoms with Crippen LogP contribution in [0.1, 0.15) is 117 Å². The molecule has 0 spiro atoms. The second-order valence-electron chi connectivity index (χ2n) is 7.61. The molecular formula is C20H40F2O. The fourth-order valence-electron chi connectivity index (χ4n) is 2.85. The van der Waals surface area contributed by atoms with Crippen LogP contribution in [-0.2, 0) is 0 Å². The molecule has 0 saturated carbocycles. The van der Waals surface area contributed by atoms with Crippen molar-refractivity contribution in [1.82, 2.24) is 0 Å². The Labute approximate surface area is 143 Å². The highest BCUT2D eigenvalue weighted by molar-refractivity contribution is 4.84. The topological polar surface area (TPSA) is 20.2 Å². The van der Waals surface area contributed by atoms with E-state index in [1.54, 1.807) is 0 Å². The quantitative estimate of drug-likeness (QED) is 0.294. The summed E-state index contributed by atoms with van der Waals surface area (Å²) in [6.45, 7) is 4.63. The largest absolute Gasteiger partial charge is 0.384 e. The van der Waals surface area contributed by atoms with Crippen LogP contribution in [0.4, 0.5) is 8.78 Å². The molecule has 0 rings (SSSR count). The first-order chi connectivity index (χ1) is 10.8. The molecule has 0 aliphatic heterocycles. The summed E-state index contributed by atoms with van der Waals surface area (Å²) >= 11 is 0. The van der Waals surface area contributed by atoms with Crippen LogP contribution in [0, 0.1) is 0 Å². The van der Waals surface area contributed by atoms with E-state index in [4.69, 9.17) is 0 Å². The van der Waals surface area contributed by atoms with Crippen LogP contribution in [0.5, 0.6) is 0 Å². The standard InChI is InChI=1S/C20H40F2O/c1-4-5-6-7-8-9-10-11-12-13-14-15-16-17-18-20(21,22)19(2,3)23/h23H,4-18H2,1-3H3. The molecule has 0 fully saturated rings. The van der Waals surface area contributed by atoms with E-state index < -0.39 is 11.5 Å². The minimum absolute atomic E-state index is 0.200. The molecule has 0 atom stereocenters. The van der Waals surface area contributed by atoms with E-state index in [0.717, 1.165) is 19.3 Å². The number of unbranched alkanes of at least 4 members (excludes halogenated alkanes) is 13. The Morgan fingerprint density at radius 3 is 1.22 bits per heavy atom. The third-order valence-electron chi connectivity index (χ3n) is 4.74. The van der Waals surface area contributed by atoms with Crippen molar-refractivity contribution < 1.29 is 13.9 Å². The molecule has 0 heterocycles. The Morgan fingerprint density at radius 1 is 0.609 bits per heavy atom. The summed E-state index contributed by atoms with van der Waals surface area (Å²) < 4.78 is 27.1. The van der Waals surface area contributed by atoms with E-state index in [-0.39, 0.29) is 6.42 Å². The van der Waals surface area contributed by atoms with E-state index in [0.29, 0.717) is 6.42 Å². The monoisotopic (exact) mass is 334 g/mol. The van der Waals surface area contributed by atoms with Gasteiger partial charge in [0.2, 0.25) is 0 Å². The lowest BCUT2D eigenvalue weighted by Crippen LogP contribution is -2.42. The molecule has 0 aliphatic rings. The number of hydrogen-bond acceptors (Lipinski definition) is 1. The summed E-state index contributed by atoms with van der Waals surface area (Å²) in [7, 11) is 0. The molecule has 140 valence electrons. The highest BCUT2D eigenvalue weighted by Gasteiger charge is 2.44. The predicted molar refractivity (Wildman–Crippen MR) is 96.2 cm³/mol. The van der Waals surface area contributed by atoms with Gasteiger partial charge in [-0.05, 0) is 20.3 Å². The van der Waals surface area contributed by atoms with Gasteiger partial charge in [-0.25, -0.2) is 8.78 Å². The summed E-state index contributed by atoms with van der Waals surface area (Å²) in [6, 6.07) is 0. The molecule has 0 amide bonds. The van der Waals surface area contributed by atoms with Crippen LogP contribution in [0.15, 0.2) is 0 Å². The molecule has 1 nitrogen and oxygen atoms in total. The molecule has 0 saturated heterocycles. The third-order valence-corrected chi connectivity index (χ3v) is 4.74. The fourth-order valence-corrected chi connectivity index (χ4v) is 2.85. The highest BCUT2D eigenvalue weighted by Crippen LogP contribution is 2.33. The molecule has 0 unspecified atom stereocenters. The zero-order chi connectivity index (χ0) is 17.6. The Balaban J connectivity index is 3.25. The van der Waals surface area contributed by atoms with Crippen molar-refractivity contribution in [2.45, 2.75) is 129 Å². The maximum Gasteiger partial charge on any atom is 0.275 e. The lowest BCUT2D eigenvalue weighted by Gasteiger charge is -2.28. The first kappa shape index (κ1) is 22.8. The van der Waals surface area contributed by atoms with E-state index in [1.807, 2.05) is 0 Å². The Kier molecular flexibility index (Phi) is 13.0. The average molecular weight is 335 g/mol. The van der Waals surface area contributed by atoms with Crippen LogP contribution < -0.4 is 0 Å². The van der Waals surface area contributed by atoms with Gasteiger partial charge in [0.15, 0.2) is 0 Å². The molecule has 3 heteroatoms. The van der Waals surface area contributed by atoms with Crippen LogP contribution in [0.2, 0.25) is 0 Å². The van der Waals surface area contributed by atoms with E-state index in [2.05, 4.69) is 6.92 Å². The van der Waals surface area contributed by atoms with Crippen molar-refractivity contribution in [3.63, 3.8) is 0 Å². The van der Waals surface area contributed by atoms with Gasteiger partial charge < -0.3 is 5.11 Å². The van der Waals surface area contributed by atoms with E-state index in [1.165, 1.54) is 78.1 Å². The van der Waals surface area contributed by atoms with Gasteiger partial charge in [0.25, 0.3) is 5.92 Å². The fraction of sp³-hybridized carbons (Fsp3) is 1.00. The number of hydrogen-bond donors (Lipinski definition) is 1. The van der Waals surface area contributed by atoms with Crippen molar-refractivity contribution in [3.8, 4) is 0 Å². The lowest BCUT2D eigenvalue weighted by molar-refractivity contribution is -0.166.